The number of hydrogen-bond donors (Lipinski definition) is 2. The zero-order chi connectivity index (χ0) is 19.1. The van der Waals surface area contributed by atoms with Gasteiger partial charge in [-0.2, -0.15) is 0 Å². The first-order chi connectivity index (χ1) is 13.1. The molecule has 0 aliphatic heterocycles. The highest BCUT2D eigenvalue weighted by Gasteiger charge is 2.18. The molecule has 1 atom stereocenters. The van der Waals surface area contributed by atoms with Crippen molar-refractivity contribution in [3.63, 3.8) is 0 Å². The number of anilines is 1. The molecule has 0 saturated heterocycles. The Hall–Kier alpha value is -2.99. The number of carbonyl (C=O) groups is 2. The van der Waals surface area contributed by atoms with E-state index in [0.29, 0.717) is 5.13 Å². The SMILES string of the molecule is CC(=O)NC(CC(=O)Nc1ncc(Cc2ccccc2)s1)c1ccccc1. The summed E-state index contributed by atoms with van der Waals surface area (Å²) >= 11 is 1.46. The van der Waals surface area contributed by atoms with E-state index in [1.54, 1.807) is 6.20 Å². The predicted octanol–water partition coefficient (Wildman–Crippen LogP) is 3.94. The molecular weight excluding hydrogens is 358 g/mol. The lowest BCUT2D eigenvalue weighted by Gasteiger charge is -2.17. The van der Waals surface area contributed by atoms with Crippen molar-refractivity contribution in [3.8, 4) is 0 Å². The van der Waals surface area contributed by atoms with Crippen LogP contribution in [0.5, 0.6) is 0 Å². The van der Waals surface area contributed by atoms with Crippen LogP contribution in [0.3, 0.4) is 0 Å². The van der Waals surface area contributed by atoms with E-state index in [9.17, 15) is 9.59 Å². The lowest BCUT2D eigenvalue weighted by atomic mass is 10.0. The van der Waals surface area contributed by atoms with Crippen LogP contribution in [0.15, 0.2) is 66.9 Å². The minimum Gasteiger partial charge on any atom is -0.349 e. The molecule has 5 nitrogen and oxygen atoms in total. The summed E-state index contributed by atoms with van der Waals surface area (Å²) < 4.78 is 0. The van der Waals surface area contributed by atoms with Gasteiger partial charge in [0.15, 0.2) is 5.13 Å². The third-order valence-corrected chi connectivity index (χ3v) is 4.90. The third kappa shape index (κ3) is 5.76. The van der Waals surface area contributed by atoms with Crippen molar-refractivity contribution < 1.29 is 9.59 Å². The molecule has 6 heteroatoms. The molecule has 1 unspecified atom stereocenters. The van der Waals surface area contributed by atoms with Crippen LogP contribution < -0.4 is 10.6 Å². The number of hydrogen-bond acceptors (Lipinski definition) is 4. The Kier molecular flexibility index (Phi) is 6.33. The number of nitrogens with zero attached hydrogens (tertiary/aromatic N) is 1. The van der Waals surface area contributed by atoms with Gasteiger partial charge in [-0.3, -0.25) is 9.59 Å². The molecule has 2 amide bonds. The fourth-order valence-electron chi connectivity index (χ4n) is 2.78. The van der Waals surface area contributed by atoms with Gasteiger partial charge in [0.1, 0.15) is 0 Å². The number of benzene rings is 2. The Bertz CT molecular complexity index is 894. The molecule has 2 N–H and O–H groups in total. The maximum Gasteiger partial charge on any atom is 0.228 e. The van der Waals surface area contributed by atoms with Gasteiger partial charge >= 0.3 is 0 Å². The van der Waals surface area contributed by atoms with Gasteiger partial charge in [0.25, 0.3) is 0 Å². The van der Waals surface area contributed by atoms with Gasteiger partial charge in [-0.25, -0.2) is 4.98 Å². The van der Waals surface area contributed by atoms with E-state index in [0.717, 1.165) is 16.9 Å². The zero-order valence-corrected chi connectivity index (χ0v) is 15.8. The highest BCUT2D eigenvalue weighted by molar-refractivity contribution is 7.15. The summed E-state index contributed by atoms with van der Waals surface area (Å²) in [4.78, 5) is 29.3. The second kappa shape index (κ2) is 9.09. The zero-order valence-electron chi connectivity index (χ0n) is 15.0. The highest BCUT2D eigenvalue weighted by Crippen LogP contribution is 2.23. The van der Waals surface area contributed by atoms with Crippen LogP contribution in [-0.4, -0.2) is 16.8 Å². The maximum atomic E-state index is 12.4. The predicted molar refractivity (Wildman–Crippen MR) is 108 cm³/mol. The van der Waals surface area contributed by atoms with Crippen molar-refractivity contribution in [2.75, 3.05) is 5.32 Å². The fraction of sp³-hybridized carbons (Fsp3) is 0.190. The molecule has 3 aromatic rings. The third-order valence-electron chi connectivity index (χ3n) is 3.99. The molecule has 0 saturated carbocycles. The average molecular weight is 379 g/mol. The molecule has 2 aromatic carbocycles. The van der Waals surface area contributed by atoms with Crippen molar-refractivity contribution >= 4 is 28.3 Å². The number of amides is 2. The van der Waals surface area contributed by atoms with Crippen LogP contribution in [0, 0.1) is 0 Å². The van der Waals surface area contributed by atoms with Gasteiger partial charge in [0, 0.05) is 24.4 Å². The van der Waals surface area contributed by atoms with Crippen molar-refractivity contribution in [1.29, 1.82) is 0 Å². The van der Waals surface area contributed by atoms with Crippen molar-refractivity contribution in [1.82, 2.24) is 10.3 Å². The molecule has 0 spiro atoms. The average Bonchev–Trinajstić information content (AvgIpc) is 3.09. The summed E-state index contributed by atoms with van der Waals surface area (Å²) in [6, 6.07) is 19.2. The monoisotopic (exact) mass is 379 g/mol. The summed E-state index contributed by atoms with van der Waals surface area (Å²) in [5.41, 5.74) is 2.10. The number of nitrogens with one attached hydrogen (secondary N) is 2. The number of rotatable bonds is 7. The smallest absolute Gasteiger partial charge is 0.228 e. The van der Waals surface area contributed by atoms with E-state index in [1.807, 2.05) is 48.5 Å². The Morgan fingerprint density at radius 2 is 1.70 bits per heavy atom. The summed E-state index contributed by atoms with van der Waals surface area (Å²) in [6.45, 7) is 1.45. The summed E-state index contributed by atoms with van der Waals surface area (Å²) in [7, 11) is 0. The molecule has 1 aromatic heterocycles. The second-order valence-electron chi connectivity index (χ2n) is 6.21. The molecule has 0 bridgehead atoms. The Morgan fingerprint density at radius 3 is 2.37 bits per heavy atom. The minimum absolute atomic E-state index is 0.150. The van der Waals surface area contributed by atoms with Crippen LogP contribution in [-0.2, 0) is 16.0 Å². The summed E-state index contributed by atoms with van der Waals surface area (Å²) in [6.07, 6.45) is 2.72. The molecule has 1 heterocycles. The van der Waals surface area contributed by atoms with E-state index in [2.05, 4.69) is 27.8 Å². The Morgan fingerprint density at radius 1 is 1.04 bits per heavy atom. The molecular formula is C21H21N3O2S. The second-order valence-corrected chi connectivity index (χ2v) is 7.33. The molecule has 0 aliphatic rings. The molecule has 3 rings (SSSR count). The number of thiazole rings is 1. The Balaban J connectivity index is 1.61. The van der Waals surface area contributed by atoms with E-state index in [-0.39, 0.29) is 24.3 Å². The molecule has 0 radical (unpaired) electrons. The van der Waals surface area contributed by atoms with E-state index >= 15 is 0 Å². The quantitative estimate of drug-likeness (QED) is 0.653. The van der Waals surface area contributed by atoms with Gasteiger partial charge < -0.3 is 10.6 Å². The first-order valence-corrected chi connectivity index (χ1v) is 9.52. The van der Waals surface area contributed by atoms with Crippen LogP contribution in [0.1, 0.15) is 35.4 Å². The maximum absolute atomic E-state index is 12.4. The molecule has 138 valence electrons. The Labute approximate surface area is 162 Å². The largest absolute Gasteiger partial charge is 0.349 e. The van der Waals surface area contributed by atoms with Crippen LogP contribution in [0.2, 0.25) is 0 Å². The van der Waals surface area contributed by atoms with Crippen LogP contribution in [0.25, 0.3) is 0 Å². The molecule has 27 heavy (non-hydrogen) atoms. The van der Waals surface area contributed by atoms with Crippen molar-refractivity contribution in [2.24, 2.45) is 0 Å². The van der Waals surface area contributed by atoms with Gasteiger partial charge in [-0.15, -0.1) is 11.3 Å². The lowest BCUT2D eigenvalue weighted by Crippen LogP contribution is -2.29. The molecule has 0 aliphatic carbocycles. The first-order valence-electron chi connectivity index (χ1n) is 8.70. The lowest BCUT2D eigenvalue weighted by molar-refractivity contribution is -0.120. The van der Waals surface area contributed by atoms with Crippen LogP contribution >= 0.6 is 11.3 Å². The van der Waals surface area contributed by atoms with Gasteiger partial charge in [0.05, 0.1) is 12.5 Å². The van der Waals surface area contributed by atoms with Gasteiger partial charge in [-0.1, -0.05) is 60.7 Å². The first kappa shape index (κ1) is 18.8. The number of aromatic nitrogens is 1. The van der Waals surface area contributed by atoms with Crippen molar-refractivity contribution in [3.05, 3.63) is 82.9 Å². The number of carbonyl (C=O) groups excluding carboxylic acids is 2. The summed E-state index contributed by atoms with van der Waals surface area (Å²) in [5.74, 6) is -0.353. The highest BCUT2D eigenvalue weighted by atomic mass is 32.1. The van der Waals surface area contributed by atoms with Gasteiger partial charge in [0.2, 0.25) is 11.8 Å². The van der Waals surface area contributed by atoms with Gasteiger partial charge in [-0.05, 0) is 11.1 Å². The standard InChI is InChI=1S/C21H21N3O2S/c1-15(25)23-19(17-10-6-3-7-11-17)13-20(26)24-21-22-14-18(27-21)12-16-8-4-2-5-9-16/h2-11,14,19H,12-13H2,1H3,(H,23,25)(H,22,24,26). The van der Waals surface area contributed by atoms with E-state index in [1.165, 1.54) is 23.8 Å². The summed E-state index contributed by atoms with van der Waals surface area (Å²) in [5, 5.41) is 6.24. The van der Waals surface area contributed by atoms with E-state index in [4.69, 9.17) is 0 Å². The van der Waals surface area contributed by atoms with E-state index < -0.39 is 0 Å². The molecule has 0 fully saturated rings. The fourth-order valence-corrected chi connectivity index (χ4v) is 3.65. The topological polar surface area (TPSA) is 71.1 Å². The minimum atomic E-state index is -0.368. The normalized spacial score (nSPS) is 11.6. The van der Waals surface area contributed by atoms with Crippen LogP contribution in [0.4, 0.5) is 5.13 Å². The van der Waals surface area contributed by atoms with Crippen molar-refractivity contribution in [2.45, 2.75) is 25.8 Å².